The number of rotatable bonds is 8. The molecule has 0 radical (unpaired) electrons. The zero-order chi connectivity index (χ0) is 12.5. The van der Waals surface area contributed by atoms with Gasteiger partial charge in [0.05, 0.1) is 0 Å². The van der Waals surface area contributed by atoms with Crippen LogP contribution in [0.4, 0.5) is 0 Å². The molecule has 17 heavy (non-hydrogen) atoms. The first-order valence-electron chi connectivity index (χ1n) is 6.13. The van der Waals surface area contributed by atoms with E-state index in [4.69, 9.17) is 10.2 Å². The molecule has 0 aromatic heterocycles. The number of aryl methyl sites for hydroxylation is 2. The Labute approximate surface area is 102 Å². The molecule has 0 aliphatic rings. The number of unbranched alkanes of at least 4 members (excludes halogenated alkanes) is 2. The molecule has 1 aromatic rings. The van der Waals surface area contributed by atoms with Gasteiger partial charge in [0.2, 0.25) is 0 Å². The van der Waals surface area contributed by atoms with E-state index in [0.717, 1.165) is 31.2 Å². The molecule has 1 rings (SSSR count). The highest BCUT2D eigenvalue weighted by Gasteiger charge is 2.00. The van der Waals surface area contributed by atoms with Gasteiger partial charge in [-0.2, -0.15) is 0 Å². The lowest BCUT2D eigenvalue weighted by Crippen LogP contribution is -1.98. The first-order valence-corrected chi connectivity index (χ1v) is 6.13. The average molecular weight is 236 g/mol. The maximum absolute atomic E-state index is 10.5. The van der Waals surface area contributed by atoms with Gasteiger partial charge in [-0.3, -0.25) is 4.79 Å². The summed E-state index contributed by atoms with van der Waals surface area (Å²) in [6.45, 7) is 0.263. The van der Waals surface area contributed by atoms with Crippen LogP contribution >= 0.6 is 0 Å². The van der Waals surface area contributed by atoms with Crippen molar-refractivity contribution in [2.24, 2.45) is 0 Å². The minimum Gasteiger partial charge on any atom is -0.481 e. The van der Waals surface area contributed by atoms with Gasteiger partial charge < -0.3 is 10.2 Å². The van der Waals surface area contributed by atoms with Crippen molar-refractivity contribution in [1.82, 2.24) is 0 Å². The Balaban J connectivity index is 2.39. The van der Waals surface area contributed by atoms with Gasteiger partial charge in [-0.15, -0.1) is 0 Å². The number of carbonyl (C=O) groups is 1. The van der Waals surface area contributed by atoms with Crippen LogP contribution in [0.15, 0.2) is 24.3 Å². The van der Waals surface area contributed by atoms with E-state index in [0.29, 0.717) is 6.42 Å². The van der Waals surface area contributed by atoms with Crippen molar-refractivity contribution in [3.8, 4) is 0 Å². The number of carboxylic acid groups (broad SMARTS) is 1. The summed E-state index contributed by atoms with van der Waals surface area (Å²) < 4.78 is 0. The molecule has 3 nitrogen and oxygen atoms in total. The average Bonchev–Trinajstić information content (AvgIpc) is 2.33. The normalized spacial score (nSPS) is 10.4. The summed E-state index contributed by atoms with van der Waals surface area (Å²) in [4.78, 5) is 10.5. The summed E-state index contributed by atoms with van der Waals surface area (Å²) in [6, 6.07) is 8.11. The van der Waals surface area contributed by atoms with Crippen LogP contribution in [0, 0.1) is 0 Å². The second kappa shape index (κ2) is 7.85. The van der Waals surface area contributed by atoms with Gasteiger partial charge in [-0.1, -0.05) is 30.7 Å². The molecule has 3 heteroatoms. The molecule has 0 aliphatic carbocycles. The van der Waals surface area contributed by atoms with Crippen LogP contribution < -0.4 is 0 Å². The zero-order valence-corrected chi connectivity index (χ0v) is 10.1. The smallest absolute Gasteiger partial charge is 0.303 e. The van der Waals surface area contributed by atoms with Crippen LogP contribution in [0.3, 0.4) is 0 Å². The molecule has 0 amide bonds. The van der Waals surface area contributed by atoms with Crippen LogP contribution in [-0.4, -0.2) is 22.8 Å². The lowest BCUT2D eigenvalue weighted by Gasteiger charge is -2.04. The molecule has 2 N–H and O–H groups in total. The van der Waals surface area contributed by atoms with E-state index in [1.54, 1.807) is 0 Å². The van der Waals surface area contributed by atoms with Crippen LogP contribution in [0.25, 0.3) is 0 Å². The molecule has 0 spiro atoms. The molecular formula is C14H20O3. The fraction of sp³-hybridized carbons (Fsp3) is 0.500. The van der Waals surface area contributed by atoms with Crippen molar-refractivity contribution in [3.63, 3.8) is 0 Å². The third kappa shape index (κ3) is 6.07. The number of hydrogen-bond donors (Lipinski definition) is 2. The number of benzene rings is 1. The fourth-order valence-corrected chi connectivity index (χ4v) is 1.81. The van der Waals surface area contributed by atoms with E-state index >= 15 is 0 Å². The SMILES string of the molecule is O=C(O)CCc1cccc(CCCCCO)c1. The summed E-state index contributed by atoms with van der Waals surface area (Å²) in [5.41, 5.74) is 2.35. The second-order valence-electron chi connectivity index (χ2n) is 4.25. The third-order valence-corrected chi connectivity index (χ3v) is 2.74. The Morgan fingerprint density at radius 2 is 1.76 bits per heavy atom. The first-order chi connectivity index (χ1) is 8.22. The minimum atomic E-state index is -0.752. The van der Waals surface area contributed by atoms with Crippen LogP contribution in [0.2, 0.25) is 0 Å². The van der Waals surface area contributed by atoms with Crippen LogP contribution in [-0.2, 0) is 17.6 Å². The molecule has 1 aromatic carbocycles. The lowest BCUT2D eigenvalue weighted by molar-refractivity contribution is -0.136. The van der Waals surface area contributed by atoms with Gasteiger partial charge in [-0.25, -0.2) is 0 Å². The van der Waals surface area contributed by atoms with E-state index in [1.165, 1.54) is 5.56 Å². The zero-order valence-electron chi connectivity index (χ0n) is 10.1. The highest BCUT2D eigenvalue weighted by atomic mass is 16.4. The van der Waals surface area contributed by atoms with E-state index in [2.05, 4.69) is 12.1 Å². The third-order valence-electron chi connectivity index (χ3n) is 2.74. The van der Waals surface area contributed by atoms with Crippen LogP contribution in [0.1, 0.15) is 36.8 Å². The Morgan fingerprint density at radius 1 is 1.06 bits per heavy atom. The standard InChI is InChI=1S/C14H20O3/c15-10-3-1-2-5-12-6-4-7-13(11-12)8-9-14(16)17/h4,6-7,11,15H,1-3,5,8-10H2,(H,16,17). The monoisotopic (exact) mass is 236 g/mol. The van der Waals surface area contributed by atoms with Gasteiger partial charge in [-0.05, 0) is 36.8 Å². The quantitative estimate of drug-likeness (QED) is 0.681. The highest BCUT2D eigenvalue weighted by molar-refractivity contribution is 5.67. The Bertz CT molecular complexity index is 347. The maximum Gasteiger partial charge on any atom is 0.303 e. The molecule has 94 valence electrons. The molecule has 0 bridgehead atoms. The molecule has 0 unspecified atom stereocenters. The summed E-state index contributed by atoms with van der Waals surface area (Å²) in [6.07, 6.45) is 4.76. The maximum atomic E-state index is 10.5. The van der Waals surface area contributed by atoms with Crippen molar-refractivity contribution in [3.05, 3.63) is 35.4 Å². The van der Waals surface area contributed by atoms with E-state index in [1.807, 2.05) is 12.1 Å². The largest absolute Gasteiger partial charge is 0.481 e. The Morgan fingerprint density at radius 3 is 2.41 bits per heavy atom. The summed E-state index contributed by atoms with van der Waals surface area (Å²) in [7, 11) is 0. The van der Waals surface area contributed by atoms with Crippen molar-refractivity contribution >= 4 is 5.97 Å². The number of aliphatic carboxylic acids is 1. The summed E-state index contributed by atoms with van der Waals surface area (Å²) in [5.74, 6) is -0.752. The van der Waals surface area contributed by atoms with Gasteiger partial charge >= 0.3 is 5.97 Å². The van der Waals surface area contributed by atoms with Gasteiger partial charge in [0.1, 0.15) is 0 Å². The minimum absolute atomic E-state index is 0.188. The second-order valence-corrected chi connectivity index (χ2v) is 4.25. The van der Waals surface area contributed by atoms with Crippen molar-refractivity contribution in [2.45, 2.75) is 38.5 Å². The summed E-state index contributed by atoms with van der Waals surface area (Å²) >= 11 is 0. The Kier molecular flexibility index (Phi) is 6.33. The molecular weight excluding hydrogens is 216 g/mol. The Hall–Kier alpha value is -1.35. The van der Waals surface area contributed by atoms with Crippen LogP contribution in [0.5, 0.6) is 0 Å². The topological polar surface area (TPSA) is 57.5 Å². The van der Waals surface area contributed by atoms with E-state index < -0.39 is 5.97 Å². The molecule has 0 fully saturated rings. The lowest BCUT2D eigenvalue weighted by atomic mass is 10.0. The van der Waals surface area contributed by atoms with Crippen molar-refractivity contribution in [1.29, 1.82) is 0 Å². The predicted molar refractivity (Wildman–Crippen MR) is 67.0 cm³/mol. The van der Waals surface area contributed by atoms with Gasteiger partial charge in [0.25, 0.3) is 0 Å². The fourth-order valence-electron chi connectivity index (χ4n) is 1.81. The van der Waals surface area contributed by atoms with Gasteiger partial charge in [0.15, 0.2) is 0 Å². The summed E-state index contributed by atoms with van der Waals surface area (Å²) in [5, 5.41) is 17.3. The number of aliphatic hydroxyl groups is 1. The molecule has 0 aliphatic heterocycles. The van der Waals surface area contributed by atoms with Crippen molar-refractivity contribution < 1.29 is 15.0 Å². The molecule has 0 saturated heterocycles. The number of carboxylic acids is 1. The first kappa shape index (κ1) is 13.7. The molecule has 0 heterocycles. The number of aliphatic hydroxyl groups excluding tert-OH is 1. The number of hydrogen-bond acceptors (Lipinski definition) is 2. The van der Waals surface area contributed by atoms with Crippen molar-refractivity contribution in [2.75, 3.05) is 6.61 Å². The van der Waals surface area contributed by atoms with E-state index in [-0.39, 0.29) is 13.0 Å². The predicted octanol–water partition coefficient (Wildman–Crippen LogP) is 2.41. The molecule has 0 saturated carbocycles. The van der Waals surface area contributed by atoms with E-state index in [9.17, 15) is 4.79 Å². The molecule has 0 atom stereocenters. The highest BCUT2D eigenvalue weighted by Crippen LogP contribution is 2.11. The van der Waals surface area contributed by atoms with Gasteiger partial charge in [0, 0.05) is 13.0 Å².